The first kappa shape index (κ1) is 15.0. The maximum atomic E-state index is 11.5. The smallest absolute Gasteiger partial charge is 0.419 e. The zero-order valence-corrected chi connectivity index (χ0v) is 11.6. The van der Waals surface area contributed by atoms with Crippen LogP contribution < -0.4 is 0 Å². The number of carbonyl (C=O) groups excluding carboxylic acids is 1. The van der Waals surface area contributed by atoms with Gasteiger partial charge in [-0.05, 0) is 33.0 Å². The van der Waals surface area contributed by atoms with Crippen LogP contribution in [0.4, 0.5) is 0 Å². The molecule has 0 saturated carbocycles. The summed E-state index contributed by atoms with van der Waals surface area (Å²) in [5.41, 5.74) is 8.79. The molecule has 0 aliphatic carbocycles. The van der Waals surface area contributed by atoms with Gasteiger partial charge in [-0.3, -0.25) is 0 Å². The molecule has 0 amide bonds. The Morgan fingerprint density at radius 3 is 2.25 bits per heavy atom. The molecule has 1 unspecified atom stereocenters. The van der Waals surface area contributed by atoms with E-state index in [1.165, 1.54) is 0 Å². The van der Waals surface area contributed by atoms with Gasteiger partial charge < -0.3 is 14.7 Å². The summed E-state index contributed by atoms with van der Waals surface area (Å²) in [5, 5.41) is 0. The molecule has 0 aliphatic rings. The van der Waals surface area contributed by atoms with Crippen LogP contribution in [-0.2, 0) is 14.0 Å². The molecular weight excluding hydrogens is 224 g/mol. The van der Waals surface area contributed by atoms with Crippen LogP contribution in [-0.4, -0.2) is 37.5 Å². The van der Waals surface area contributed by atoms with Crippen LogP contribution in [0.3, 0.4) is 0 Å². The average Bonchev–Trinajstić information content (AvgIpc) is 2.16. The van der Waals surface area contributed by atoms with Crippen molar-refractivity contribution in [3.63, 3.8) is 0 Å². The van der Waals surface area contributed by atoms with Gasteiger partial charge in [-0.25, -0.2) is 4.79 Å². The van der Waals surface area contributed by atoms with Crippen molar-refractivity contribution in [3.8, 4) is 0 Å². The van der Waals surface area contributed by atoms with E-state index in [2.05, 4.69) is 4.79 Å². The standard InChI is InChI=1S/C10H20N2O3Si/c1-6-8(15-16(3,4)5)9(12-11)10(13)14-7-2/h8H,6-7H2,1-5H3. The first-order valence-corrected chi connectivity index (χ1v) is 8.83. The number of nitrogens with zero attached hydrogens (tertiary/aromatic N) is 2. The summed E-state index contributed by atoms with van der Waals surface area (Å²) in [4.78, 5) is 14.5. The second-order valence-corrected chi connectivity index (χ2v) is 8.79. The lowest BCUT2D eigenvalue weighted by Crippen LogP contribution is -2.40. The van der Waals surface area contributed by atoms with Crippen LogP contribution in [0, 0.1) is 0 Å². The van der Waals surface area contributed by atoms with Crippen molar-refractivity contribution >= 4 is 20.0 Å². The lowest BCUT2D eigenvalue weighted by atomic mass is 10.2. The molecular formula is C10H20N2O3Si. The minimum Gasteiger partial charge on any atom is -0.457 e. The fourth-order valence-corrected chi connectivity index (χ4v) is 2.33. The largest absolute Gasteiger partial charge is 0.457 e. The summed E-state index contributed by atoms with van der Waals surface area (Å²) in [6.07, 6.45) is 0.0818. The number of hydrogen-bond acceptors (Lipinski definition) is 3. The van der Waals surface area contributed by atoms with Crippen LogP contribution in [0.15, 0.2) is 0 Å². The van der Waals surface area contributed by atoms with E-state index in [0.717, 1.165) is 0 Å². The van der Waals surface area contributed by atoms with Crippen molar-refractivity contribution in [2.24, 2.45) is 0 Å². The quantitative estimate of drug-likeness (QED) is 0.235. The molecule has 0 bridgehead atoms. The van der Waals surface area contributed by atoms with Crippen molar-refractivity contribution in [2.45, 2.75) is 46.0 Å². The van der Waals surface area contributed by atoms with Gasteiger partial charge in [0.25, 0.3) is 0 Å². The van der Waals surface area contributed by atoms with E-state index in [0.29, 0.717) is 6.42 Å². The van der Waals surface area contributed by atoms with Crippen molar-refractivity contribution in [1.29, 1.82) is 0 Å². The number of esters is 1. The van der Waals surface area contributed by atoms with E-state index < -0.39 is 20.4 Å². The molecule has 0 aromatic carbocycles. The Morgan fingerprint density at radius 1 is 1.38 bits per heavy atom. The van der Waals surface area contributed by atoms with Crippen molar-refractivity contribution in [1.82, 2.24) is 0 Å². The summed E-state index contributed by atoms with van der Waals surface area (Å²) < 4.78 is 10.6. The van der Waals surface area contributed by atoms with Crippen LogP contribution in [0.5, 0.6) is 0 Å². The van der Waals surface area contributed by atoms with Gasteiger partial charge in [-0.1, -0.05) is 6.92 Å². The molecule has 0 rings (SSSR count). The van der Waals surface area contributed by atoms with Gasteiger partial charge in [-0.2, -0.15) is 4.79 Å². The first-order chi connectivity index (χ1) is 7.35. The maximum Gasteiger partial charge on any atom is 0.419 e. The highest BCUT2D eigenvalue weighted by molar-refractivity contribution is 6.70. The number of rotatable bonds is 6. The fraction of sp³-hybridized carbons (Fsp3) is 0.800. The maximum absolute atomic E-state index is 11.5. The summed E-state index contributed by atoms with van der Waals surface area (Å²) in [6.45, 7) is 9.85. The zero-order valence-electron chi connectivity index (χ0n) is 10.6. The molecule has 0 heterocycles. The van der Waals surface area contributed by atoms with Gasteiger partial charge in [0.15, 0.2) is 14.4 Å². The molecule has 0 fully saturated rings. The molecule has 0 N–H and O–H groups in total. The third kappa shape index (κ3) is 5.20. The number of carbonyl (C=O) groups is 1. The Morgan fingerprint density at radius 2 is 1.94 bits per heavy atom. The fourth-order valence-electron chi connectivity index (χ4n) is 1.20. The Kier molecular flexibility index (Phi) is 6.18. The van der Waals surface area contributed by atoms with Gasteiger partial charge in [0, 0.05) is 0 Å². The summed E-state index contributed by atoms with van der Waals surface area (Å²) in [7, 11) is -1.79. The summed E-state index contributed by atoms with van der Waals surface area (Å²) in [6, 6.07) is 0. The molecule has 16 heavy (non-hydrogen) atoms. The van der Waals surface area contributed by atoms with E-state index in [-0.39, 0.29) is 12.3 Å². The van der Waals surface area contributed by atoms with Gasteiger partial charge in [0.2, 0.25) is 0 Å². The number of ether oxygens (including phenoxy) is 1. The average molecular weight is 244 g/mol. The normalized spacial score (nSPS) is 12.8. The molecule has 6 heteroatoms. The zero-order chi connectivity index (χ0) is 12.8. The Labute approximate surface area is 97.5 Å². The molecule has 1 atom stereocenters. The van der Waals surface area contributed by atoms with Crippen LogP contribution in [0.25, 0.3) is 5.53 Å². The van der Waals surface area contributed by atoms with Gasteiger partial charge in [0.05, 0.1) is 6.61 Å². The number of hydrogen-bond donors (Lipinski definition) is 0. The Bertz CT molecular complexity index is 293. The predicted octanol–water partition coefficient (Wildman–Crippen LogP) is 1.85. The van der Waals surface area contributed by atoms with E-state index in [1.807, 2.05) is 26.6 Å². The lowest BCUT2D eigenvalue weighted by molar-refractivity contribution is -0.141. The van der Waals surface area contributed by atoms with Crippen LogP contribution in [0.2, 0.25) is 19.6 Å². The Hall–Kier alpha value is -0.973. The first-order valence-electron chi connectivity index (χ1n) is 5.42. The molecule has 0 aliphatic heterocycles. The summed E-state index contributed by atoms with van der Waals surface area (Å²) >= 11 is 0. The van der Waals surface area contributed by atoms with E-state index in [9.17, 15) is 4.79 Å². The van der Waals surface area contributed by atoms with E-state index >= 15 is 0 Å². The third-order valence-corrected chi connectivity index (χ3v) is 2.76. The SMILES string of the molecule is CCOC(=O)C(=[N+]=[N-])C(CC)O[Si](C)(C)C. The minimum absolute atomic E-state index is 0.0493. The van der Waals surface area contributed by atoms with Gasteiger partial charge in [0.1, 0.15) is 0 Å². The molecule has 0 saturated heterocycles. The van der Waals surface area contributed by atoms with E-state index in [4.69, 9.17) is 14.7 Å². The topological polar surface area (TPSA) is 71.9 Å². The van der Waals surface area contributed by atoms with Crippen molar-refractivity contribution in [3.05, 3.63) is 5.53 Å². The third-order valence-electron chi connectivity index (χ3n) is 1.76. The molecule has 0 aromatic rings. The lowest BCUT2D eigenvalue weighted by Gasteiger charge is -2.21. The predicted molar refractivity (Wildman–Crippen MR) is 63.8 cm³/mol. The van der Waals surface area contributed by atoms with Gasteiger partial charge in [-0.15, -0.1) is 0 Å². The van der Waals surface area contributed by atoms with Crippen LogP contribution >= 0.6 is 0 Å². The van der Waals surface area contributed by atoms with Crippen molar-refractivity contribution in [2.75, 3.05) is 6.61 Å². The van der Waals surface area contributed by atoms with Gasteiger partial charge >= 0.3 is 11.7 Å². The highest BCUT2D eigenvalue weighted by Crippen LogP contribution is 2.11. The molecule has 0 spiro atoms. The molecule has 0 aromatic heterocycles. The van der Waals surface area contributed by atoms with Crippen LogP contribution in [0.1, 0.15) is 20.3 Å². The summed E-state index contributed by atoms with van der Waals surface area (Å²) in [5.74, 6) is -0.616. The molecule has 92 valence electrons. The molecule has 5 nitrogen and oxygen atoms in total. The molecule has 0 radical (unpaired) electrons. The minimum atomic E-state index is -1.79. The monoisotopic (exact) mass is 244 g/mol. The van der Waals surface area contributed by atoms with Crippen molar-refractivity contribution < 1.29 is 18.7 Å². The highest BCUT2D eigenvalue weighted by atomic mass is 28.4. The second-order valence-electron chi connectivity index (χ2n) is 4.33. The van der Waals surface area contributed by atoms with E-state index in [1.54, 1.807) is 6.92 Å². The Balaban J connectivity index is 4.79. The second kappa shape index (κ2) is 6.58. The highest BCUT2D eigenvalue weighted by Gasteiger charge is 2.35.